The summed E-state index contributed by atoms with van der Waals surface area (Å²) in [6.07, 6.45) is -0.897. The molecular weight excluding hydrogens is 450 g/mol. The molecule has 0 aliphatic heterocycles. The third-order valence-corrected chi connectivity index (χ3v) is 5.90. The third-order valence-electron chi connectivity index (χ3n) is 4.50. The molecule has 0 aromatic heterocycles. The zero-order valence-electron chi connectivity index (χ0n) is 17.7. The van der Waals surface area contributed by atoms with E-state index in [-0.39, 0.29) is 10.6 Å². The van der Waals surface area contributed by atoms with E-state index in [2.05, 4.69) is 10.0 Å². The molecule has 0 spiro atoms. The molecule has 0 heterocycles. The van der Waals surface area contributed by atoms with E-state index in [0.717, 1.165) is 0 Å². The van der Waals surface area contributed by atoms with Crippen LogP contribution in [0, 0.1) is 10.1 Å². The molecular formula is C22H21N3O7S. The van der Waals surface area contributed by atoms with Gasteiger partial charge in [0.25, 0.3) is 21.6 Å². The highest BCUT2D eigenvalue weighted by molar-refractivity contribution is 7.92. The van der Waals surface area contributed by atoms with Gasteiger partial charge < -0.3 is 14.8 Å². The Morgan fingerprint density at radius 3 is 2.00 bits per heavy atom. The fourth-order valence-electron chi connectivity index (χ4n) is 2.74. The Bertz CT molecular complexity index is 1230. The normalized spacial score (nSPS) is 11.8. The van der Waals surface area contributed by atoms with E-state index in [0.29, 0.717) is 22.9 Å². The predicted octanol–water partition coefficient (Wildman–Crippen LogP) is 3.81. The van der Waals surface area contributed by atoms with Gasteiger partial charge in [-0.25, -0.2) is 8.42 Å². The number of anilines is 2. The highest BCUT2D eigenvalue weighted by Crippen LogP contribution is 2.22. The van der Waals surface area contributed by atoms with E-state index in [4.69, 9.17) is 9.47 Å². The van der Waals surface area contributed by atoms with Gasteiger partial charge in [-0.2, -0.15) is 0 Å². The van der Waals surface area contributed by atoms with Crippen molar-refractivity contribution in [2.75, 3.05) is 17.1 Å². The molecule has 172 valence electrons. The third kappa shape index (κ3) is 6.20. The summed E-state index contributed by atoms with van der Waals surface area (Å²) in [6, 6.07) is 17.4. The summed E-state index contributed by atoms with van der Waals surface area (Å²) in [6.45, 7) is 1.52. The van der Waals surface area contributed by atoms with Crippen LogP contribution in [0.5, 0.6) is 11.5 Å². The molecule has 3 aromatic rings. The van der Waals surface area contributed by atoms with Crippen LogP contribution in [0.3, 0.4) is 0 Å². The SMILES string of the molecule is COc1ccc(NS(=O)(=O)c2ccc(NC(=O)C(C)Oc3ccc([N+](=O)[O-])cc3)cc2)cc1. The zero-order valence-corrected chi connectivity index (χ0v) is 18.5. The number of carbonyl (C=O) groups is 1. The fourth-order valence-corrected chi connectivity index (χ4v) is 3.80. The van der Waals surface area contributed by atoms with Gasteiger partial charge in [0.05, 0.1) is 16.9 Å². The molecule has 0 radical (unpaired) electrons. The van der Waals surface area contributed by atoms with Gasteiger partial charge in [-0.15, -0.1) is 0 Å². The van der Waals surface area contributed by atoms with Crippen LogP contribution in [0.2, 0.25) is 0 Å². The van der Waals surface area contributed by atoms with E-state index in [1.54, 1.807) is 24.3 Å². The average Bonchev–Trinajstić information content (AvgIpc) is 2.80. The van der Waals surface area contributed by atoms with Crippen molar-refractivity contribution < 1.29 is 27.6 Å². The van der Waals surface area contributed by atoms with Crippen molar-refractivity contribution in [1.82, 2.24) is 0 Å². The van der Waals surface area contributed by atoms with Crippen LogP contribution >= 0.6 is 0 Å². The molecule has 10 nitrogen and oxygen atoms in total. The van der Waals surface area contributed by atoms with Crippen LogP contribution in [-0.2, 0) is 14.8 Å². The smallest absolute Gasteiger partial charge is 0.269 e. The Labute approximate surface area is 190 Å². The topological polar surface area (TPSA) is 137 Å². The molecule has 0 aliphatic rings. The minimum atomic E-state index is -3.82. The summed E-state index contributed by atoms with van der Waals surface area (Å²) >= 11 is 0. The number of nitrogens with zero attached hydrogens (tertiary/aromatic N) is 1. The monoisotopic (exact) mass is 471 g/mol. The van der Waals surface area contributed by atoms with Gasteiger partial charge in [0.2, 0.25) is 0 Å². The Balaban J connectivity index is 1.60. The Kier molecular flexibility index (Phi) is 7.13. The molecule has 0 bridgehead atoms. The van der Waals surface area contributed by atoms with Crippen LogP contribution in [0.25, 0.3) is 0 Å². The molecule has 1 unspecified atom stereocenters. The first-order chi connectivity index (χ1) is 15.7. The minimum absolute atomic E-state index is 0.0199. The number of hydrogen-bond acceptors (Lipinski definition) is 7. The maximum Gasteiger partial charge on any atom is 0.269 e. The number of benzene rings is 3. The number of carbonyl (C=O) groups excluding carboxylic acids is 1. The summed E-state index contributed by atoms with van der Waals surface area (Å²) < 4.78 is 38.2. The summed E-state index contributed by atoms with van der Waals surface area (Å²) in [4.78, 5) is 22.6. The van der Waals surface area contributed by atoms with Crippen molar-refractivity contribution in [3.05, 3.63) is 82.9 Å². The molecule has 0 fully saturated rings. The van der Waals surface area contributed by atoms with E-state index < -0.39 is 27.0 Å². The van der Waals surface area contributed by atoms with Gasteiger partial charge in [-0.1, -0.05) is 0 Å². The Morgan fingerprint density at radius 1 is 0.909 bits per heavy atom. The predicted molar refractivity (Wildman–Crippen MR) is 122 cm³/mol. The summed E-state index contributed by atoms with van der Waals surface area (Å²) in [7, 11) is -2.31. The number of methoxy groups -OCH3 is 1. The van der Waals surface area contributed by atoms with Crippen LogP contribution in [-0.4, -0.2) is 32.5 Å². The van der Waals surface area contributed by atoms with E-state index in [1.807, 2.05) is 0 Å². The number of hydrogen-bond donors (Lipinski definition) is 2. The van der Waals surface area contributed by atoms with Crippen LogP contribution in [0.1, 0.15) is 6.92 Å². The number of amides is 1. The van der Waals surface area contributed by atoms with E-state index in [9.17, 15) is 23.3 Å². The van der Waals surface area contributed by atoms with Crippen molar-refractivity contribution in [1.29, 1.82) is 0 Å². The van der Waals surface area contributed by atoms with Crippen molar-refractivity contribution in [3.8, 4) is 11.5 Å². The lowest BCUT2D eigenvalue weighted by molar-refractivity contribution is -0.384. The maximum absolute atomic E-state index is 12.6. The van der Waals surface area contributed by atoms with Crippen molar-refractivity contribution in [3.63, 3.8) is 0 Å². The Hall–Kier alpha value is -4.12. The second kappa shape index (κ2) is 10.0. The molecule has 3 rings (SSSR count). The van der Waals surface area contributed by atoms with Crippen LogP contribution in [0.15, 0.2) is 77.7 Å². The van der Waals surface area contributed by atoms with Gasteiger partial charge in [0, 0.05) is 23.5 Å². The van der Waals surface area contributed by atoms with E-state index in [1.165, 1.54) is 62.6 Å². The first-order valence-electron chi connectivity index (χ1n) is 9.67. The largest absolute Gasteiger partial charge is 0.497 e. The highest BCUT2D eigenvalue weighted by Gasteiger charge is 2.17. The van der Waals surface area contributed by atoms with Gasteiger partial charge in [-0.3, -0.25) is 19.6 Å². The lowest BCUT2D eigenvalue weighted by Crippen LogP contribution is -2.30. The number of ether oxygens (including phenoxy) is 2. The van der Waals surface area contributed by atoms with Crippen LogP contribution in [0.4, 0.5) is 17.1 Å². The van der Waals surface area contributed by atoms with Crippen molar-refractivity contribution >= 4 is 33.0 Å². The molecule has 3 aromatic carbocycles. The summed E-state index contributed by atoms with van der Waals surface area (Å²) in [5.74, 6) is 0.430. The van der Waals surface area contributed by atoms with Gasteiger partial charge in [-0.05, 0) is 67.6 Å². The molecule has 0 saturated carbocycles. The van der Waals surface area contributed by atoms with Gasteiger partial charge in [0.15, 0.2) is 6.10 Å². The summed E-state index contributed by atoms with van der Waals surface area (Å²) in [5, 5.41) is 13.3. The van der Waals surface area contributed by atoms with Gasteiger partial charge in [0.1, 0.15) is 11.5 Å². The molecule has 11 heteroatoms. The van der Waals surface area contributed by atoms with Gasteiger partial charge >= 0.3 is 0 Å². The second-order valence-corrected chi connectivity index (χ2v) is 8.54. The fraction of sp³-hybridized carbons (Fsp3) is 0.136. The number of nitro benzene ring substituents is 1. The second-order valence-electron chi connectivity index (χ2n) is 6.86. The standard InChI is InChI=1S/C22H21N3O7S/c1-15(32-20-11-7-18(8-12-20)25(27)28)22(26)23-16-5-13-21(14-6-16)33(29,30)24-17-3-9-19(31-2)10-4-17/h3-15,24H,1-2H3,(H,23,26). The number of non-ortho nitro benzene ring substituents is 1. The Morgan fingerprint density at radius 2 is 1.45 bits per heavy atom. The number of rotatable bonds is 9. The molecule has 0 saturated heterocycles. The molecule has 1 atom stereocenters. The zero-order chi connectivity index (χ0) is 24.0. The molecule has 1 amide bonds. The first-order valence-corrected chi connectivity index (χ1v) is 11.1. The average molecular weight is 471 g/mol. The lowest BCUT2D eigenvalue weighted by Gasteiger charge is -2.15. The maximum atomic E-state index is 12.6. The minimum Gasteiger partial charge on any atom is -0.497 e. The summed E-state index contributed by atoms with van der Waals surface area (Å²) in [5.41, 5.74) is 0.670. The number of nitrogens with one attached hydrogen (secondary N) is 2. The number of nitro groups is 1. The molecule has 2 N–H and O–H groups in total. The van der Waals surface area contributed by atoms with Crippen molar-refractivity contribution in [2.45, 2.75) is 17.9 Å². The highest BCUT2D eigenvalue weighted by atomic mass is 32.2. The molecule has 0 aliphatic carbocycles. The first kappa shape index (κ1) is 23.5. The quantitative estimate of drug-likeness (QED) is 0.358. The lowest BCUT2D eigenvalue weighted by atomic mass is 10.3. The van der Waals surface area contributed by atoms with Crippen molar-refractivity contribution in [2.24, 2.45) is 0 Å². The van der Waals surface area contributed by atoms with E-state index >= 15 is 0 Å². The molecule has 33 heavy (non-hydrogen) atoms. The number of sulfonamides is 1. The van der Waals surface area contributed by atoms with Crippen LogP contribution < -0.4 is 19.5 Å².